The molecule has 5 rings (SSSR count). The van der Waals surface area contributed by atoms with Gasteiger partial charge in [-0.1, -0.05) is 60.7 Å². The third kappa shape index (κ3) is 4.14. The van der Waals surface area contributed by atoms with Gasteiger partial charge in [-0.25, -0.2) is 0 Å². The smallest absolute Gasteiger partial charge is 0.257 e. The minimum Gasteiger partial charge on any atom is -0.488 e. The quantitative estimate of drug-likeness (QED) is 0.616. The van der Waals surface area contributed by atoms with Crippen molar-refractivity contribution in [3.05, 3.63) is 95.6 Å². The van der Waals surface area contributed by atoms with Gasteiger partial charge in [0.05, 0.1) is 11.7 Å². The van der Waals surface area contributed by atoms with Gasteiger partial charge in [-0.05, 0) is 36.6 Å². The first-order valence-electron chi connectivity index (χ1n) is 10.8. The molecule has 31 heavy (non-hydrogen) atoms. The van der Waals surface area contributed by atoms with Gasteiger partial charge in [-0.15, -0.1) is 0 Å². The van der Waals surface area contributed by atoms with Gasteiger partial charge >= 0.3 is 0 Å². The molecule has 1 N–H and O–H groups in total. The Balaban J connectivity index is 1.47. The summed E-state index contributed by atoms with van der Waals surface area (Å²) in [5, 5.41) is 3.58. The Bertz CT molecular complexity index is 1050. The number of rotatable bonds is 6. The summed E-state index contributed by atoms with van der Waals surface area (Å²) in [6, 6.07) is 25.7. The molecule has 0 saturated carbocycles. The summed E-state index contributed by atoms with van der Waals surface area (Å²) in [4.78, 5) is 15.4. The van der Waals surface area contributed by atoms with Crippen LogP contribution in [0.4, 0.5) is 5.69 Å². The number of amides is 1. The van der Waals surface area contributed by atoms with Crippen molar-refractivity contribution in [1.29, 1.82) is 0 Å². The molecule has 0 spiro atoms. The lowest BCUT2D eigenvalue weighted by molar-refractivity contribution is 0.0423. The highest BCUT2D eigenvalue weighted by atomic mass is 16.5. The van der Waals surface area contributed by atoms with Crippen LogP contribution in [0.25, 0.3) is 0 Å². The van der Waals surface area contributed by atoms with Crippen molar-refractivity contribution in [2.24, 2.45) is 0 Å². The normalized spacial score (nSPS) is 20.3. The van der Waals surface area contributed by atoms with Crippen LogP contribution in [0.2, 0.25) is 0 Å². The lowest BCUT2D eigenvalue weighted by Gasteiger charge is -2.39. The van der Waals surface area contributed by atoms with Crippen molar-refractivity contribution < 1.29 is 14.3 Å². The van der Waals surface area contributed by atoms with Crippen molar-refractivity contribution >= 4 is 11.6 Å². The maximum Gasteiger partial charge on any atom is 0.257 e. The second-order valence-corrected chi connectivity index (χ2v) is 8.00. The van der Waals surface area contributed by atoms with E-state index in [1.165, 1.54) is 0 Å². The van der Waals surface area contributed by atoms with Gasteiger partial charge in [0, 0.05) is 24.4 Å². The molecule has 1 fully saturated rings. The van der Waals surface area contributed by atoms with Crippen LogP contribution in [0.1, 0.15) is 40.5 Å². The predicted molar refractivity (Wildman–Crippen MR) is 120 cm³/mol. The largest absolute Gasteiger partial charge is 0.488 e. The number of nitrogens with zero attached hydrogens (tertiary/aromatic N) is 1. The Morgan fingerprint density at radius 1 is 0.968 bits per heavy atom. The number of hydrogen-bond donors (Lipinski definition) is 1. The summed E-state index contributed by atoms with van der Waals surface area (Å²) in [6.07, 6.45) is 1.76. The molecule has 5 nitrogen and oxygen atoms in total. The lowest BCUT2D eigenvalue weighted by atomic mass is 10.0. The average molecular weight is 415 g/mol. The van der Waals surface area contributed by atoms with Crippen LogP contribution in [0.15, 0.2) is 78.9 Å². The van der Waals surface area contributed by atoms with Gasteiger partial charge in [0.25, 0.3) is 5.91 Å². The fourth-order valence-electron chi connectivity index (χ4n) is 4.31. The van der Waals surface area contributed by atoms with Crippen LogP contribution in [-0.4, -0.2) is 30.1 Å². The first-order chi connectivity index (χ1) is 15.3. The maximum atomic E-state index is 13.5. The molecule has 2 aliphatic heterocycles. The molecule has 0 bridgehead atoms. The first-order valence-corrected chi connectivity index (χ1v) is 10.8. The van der Waals surface area contributed by atoms with Crippen molar-refractivity contribution in [2.45, 2.75) is 31.7 Å². The Kier molecular flexibility index (Phi) is 5.59. The number of ether oxygens (including phenoxy) is 2. The summed E-state index contributed by atoms with van der Waals surface area (Å²) in [6.45, 7) is 1.79. The molecule has 3 aromatic carbocycles. The number of carbonyl (C=O) groups excluding carboxylic acids is 1. The molecule has 2 aliphatic rings. The van der Waals surface area contributed by atoms with Crippen molar-refractivity contribution in [3.8, 4) is 5.75 Å². The number of anilines is 1. The maximum absolute atomic E-state index is 13.5. The summed E-state index contributed by atoms with van der Waals surface area (Å²) in [5.74, 6) is 0.793. The Labute approximate surface area is 182 Å². The zero-order valence-electron chi connectivity index (χ0n) is 17.4. The zero-order chi connectivity index (χ0) is 21.0. The van der Waals surface area contributed by atoms with Crippen LogP contribution < -0.4 is 10.1 Å². The van der Waals surface area contributed by atoms with E-state index >= 15 is 0 Å². The molecule has 2 heterocycles. The van der Waals surface area contributed by atoms with E-state index in [9.17, 15) is 4.79 Å². The third-order valence-electron chi connectivity index (χ3n) is 5.90. The lowest BCUT2D eigenvalue weighted by Crippen LogP contribution is -2.46. The molecular weight excluding hydrogens is 388 g/mol. The summed E-state index contributed by atoms with van der Waals surface area (Å²) >= 11 is 0. The van der Waals surface area contributed by atoms with Crippen molar-refractivity contribution in [3.63, 3.8) is 0 Å². The molecule has 0 radical (unpaired) electrons. The predicted octanol–water partition coefficient (Wildman–Crippen LogP) is 5.01. The Morgan fingerprint density at radius 3 is 2.58 bits per heavy atom. The minimum atomic E-state index is -0.321. The highest BCUT2D eigenvalue weighted by molar-refractivity contribution is 6.01. The van der Waals surface area contributed by atoms with Crippen LogP contribution in [0.5, 0.6) is 5.75 Å². The van der Waals surface area contributed by atoms with E-state index in [0.717, 1.165) is 42.0 Å². The monoisotopic (exact) mass is 414 g/mol. The topological polar surface area (TPSA) is 50.8 Å². The van der Waals surface area contributed by atoms with E-state index in [2.05, 4.69) is 5.32 Å². The molecule has 0 aromatic heterocycles. The SMILES string of the molecule is O=C1c2ccccc2NC(c2ccccc2OCc2ccccc2)N1CC1CCCO1. The first kappa shape index (κ1) is 19.6. The Hall–Kier alpha value is -3.31. The number of carbonyl (C=O) groups is 1. The fraction of sp³-hybridized carbons (Fsp3) is 0.269. The molecule has 5 heteroatoms. The van der Waals surface area contributed by atoms with Crippen LogP contribution in [0.3, 0.4) is 0 Å². The Morgan fingerprint density at radius 2 is 1.74 bits per heavy atom. The molecule has 1 saturated heterocycles. The van der Waals surface area contributed by atoms with Crippen molar-refractivity contribution in [2.75, 3.05) is 18.5 Å². The standard InChI is InChI=1S/C26H26N2O3/c29-26-21-12-4-6-14-23(21)27-25(28(26)17-20-11-8-16-30-20)22-13-5-7-15-24(22)31-18-19-9-2-1-3-10-19/h1-7,9-10,12-15,20,25,27H,8,11,16-18H2. The average Bonchev–Trinajstić information content (AvgIpc) is 3.34. The number of benzene rings is 3. The minimum absolute atomic E-state index is 0.0210. The second kappa shape index (κ2) is 8.82. The van der Waals surface area contributed by atoms with Gasteiger partial charge < -0.3 is 19.7 Å². The van der Waals surface area contributed by atoms with Gasteiger partial charge in [-0.2, -0.15) is 0 Å². The van der Waals surface area contributed by atoms with E-state index < -0.39 is 0 Å². The number of hydrogen-bond acceptors (Lipinski definition) is 4. The van der Waals surface area contributed by atoms with Gasteiger partial charge in [-0.3, -0.25) is 4.79 Å². The van der Waals surface area contributed by atoms with Crippen molar-refractivity contribution in [1.82, 2.24) is 4.90 Å². The van der Waals surface area contributed by atoms with Gasteiger partial charge in [0.1, 0.15) is 18.5 Å². The molecule has 2 atom stereocenters. The van der Waals surface area contributed by atoms with E-state index in [0.29, 0.717) is 18.7 Å². The molecular formula is C26H26N2O3. The number of para-hydroxylation sites is 2. The van der Waals surface area contributed by atoms with E-state index in [4.69, 9.17) is 9.47 Å². The number of fused-ring (bicyclic) bond motifs is 1. The van der Waals surface area contributed by atoms with Gasteiger partial charge in [0.15, 0.2) is 0 Å². The van der Waals surface area contributed by atoms with E-state index in [-0.39, 0.29) is 18.2 Å². The summed E-state index contributed by atoms with van der Waals surface area (Å²) in [7, 11) is 0. The van der Waals surface area contributed by atoms with Crippen LogP contribution >= 0.6 is 0 Å². The van der Waals surface area contributed by atoms with E-state index in [1.54, 1.807) is 0 Å². The fourth-order valence-corrected chi connectivity index (χ4v) is 4.31. The van der Waals surface area contributed by atoms with Crippen LogP contribution in [-0.2, 0) is 11.3 Å². The van der Waals surface area contributed by atoms with Crippen LogP contribution in [0, 0.1) is 0 Å². The molecule has 2 unspecified atom stereocenters. The van der Waals surface area contributed by atoms with E-state index in [1.807, 2.05) is 83.8 Å². The highest BCUT2D eigenvalue weighted by Crippen LogP contribution is 2.37. The number of nitrogens with one attached hydrogen (secondary N) is 1. The molecule has 3 aromatic rings. The summed E-state index contributed by atoms with van der Waals surface area (Å²) < 4.78 is 12.1. The third-order valence-corrected chi connectivity index (χ3v) is 5.90. The molecule has 1 amide bonds. The molecule has 0 aliphatic carbocycles. The molecule has 158 valence electrons. The van der Waals surface area contributed by atoms with Gasteiger partial charge in [0.2, 0.25) is 0 Å². The highest BCUT2D eigenvalue weighted by Gasteiger charge is 2.36. The second-order valence-electron chi connectivity index (χ2n) is 8.00. The zero-order valence-corrected chi connectivity index (χ0v) is 17.4. The summed E-state index contributed by atoms with van der Waals surface area (Å²) in [5.41, 5.74) is 3.59.